The van der Waals surface area contributed by atoms with Gasteiger partial charge in [-0.2, -0.15) is 0 Å². The van der Waals surface area contributed by atoms with Crippen LogP contribution in [-0.2, 0) is 5.54 Å². The summed E-state index contributed by atoms with van der Waals surface area (Å²) >= 11 is 0. The van der Waals surface area contributed by atoms with Gasteiger partial charge in [-0.3, -0.25) is 0 Å². The SMILES string of the molecule is CC(N)(c1ccc(Oc2ccccc2)cc1)C(F)F. The standard InChI is InChI=1S/C15H15F2NO/c1-15(18,14(16)17)11-7-9-13(10-8-11)19-12-5-3-2-4-6-12/h2-10,14H,18H2,1H3. The minimum absolute atomic E-state index is 0.378. The molecule has 0 aromatic heterocycles. The van der Waals surface area contributed by atoms with E-state index in [1.54, 1.807) is 24.3 Å². The molecular formula is C15H15F2NO. The fraction of sp³-hybridized carbons (Fsp3) is 0.200. The van der Waals surface area contributed by atoms with Crippen LogP contribution in [-0.4, -0.2) is 6.43 Å². The topological polar surface area (TPSA) is 35.2 Å². The van der Waals surface area contributed by atoms with Crippen LogP contribution in [0.2, 0.25) is 0 Å². The number of ether oxygens (including phenoxy) is 1. The first-order valence-electron chi connectivity index (χ1n) is 5.90. The maximum absolute atomic E-state index is 12.8. The second kappa shape index (κ2) is 5.36. The van der Waals surface area contributed by atoms with Gasteiger partial charge >= 0.3 is 0 Å². The molecule has 1 atom stereocenters. The van der Waals surface area contributed by atoms with Gasteiger partial charge in [0, 0.05) is 0 Å². The van der Waals surface area contributed by atoms with Gasteiger partial charge in [-0.25, -0.2) is 8.78 Å². The quantitative estimate of drug-likeness (QED) is 0.907. The van der Waals surface area contributed by atoms with Crippen molar-refractivity contribution in [3.63, 3.8) is 0 Å². The van der Waals surface area contributed by atoms with E-state index in [0.717, 1.165) is 0 Å². The largest absolute Gasteiger partial charge is 0.457 e. The van der Waals surface area contributed by atoms with E-state index < -0.39 is 12.0 Å². The van der Waals surface area contributed by atoms with Crippen molar-refractivity contribution in [2.75, 3.05) is 0 Å². The van der Waals surface area contributed by atoms with Crippen molar-refractivity contribution < 1.29 is 13.5 Å². The molecule has 1 unspecified atom stereocenters. The Bertz CT molecular complexity index is 524. The zero-order valence-electron chi connectivity index (χ0n) is 10.5. The molecule has 100 valence electrons. The van der Waals surface area contributed by atoms with Crippen LogP contribution >= 0.6 is 0 Å². The number of halogens is 2. The van der Waals surface area contributed by atoms with Gasteiger partial charge in [-0.05, 0) is 36.8 Å². The Labute approximate surface area is 110 Å². The van der Waals surface area contributed by atoms with E-state index in [0.29, 0.717) is 17.1 Å². The summed E-state index contributed by atoms with van der Waals surface area (Å²) in [5.41, 5.74) is 4.32. The first-order chi connectivity index (χ1) is 9.00. The summed E-state index contributed by atoms with van der Waals surface area (Å²) in [4.78, 5) is 0. The van der Waals surface area contributed by atoms with Crippen LogP contribution in [0, 0.1) is 0 Å². The summed E-state index contributed by atoms with van der Waals surface area (Å²) in [6.07, 6.45) is -2.62. The maximum Gasteiger partial charge on any atom is 0.260 e. The van der Waals surface area contributed by atoms with E-state index in [9.17, 15) is 8.78 Å². The van der Waals surface area contributed by atoms with Crippen molar-refractivity contribution in [2.45, 2.75) is 18.9 Å². The summed E-state index contributed by atoms with van der Waals surface area (Å²) < 4.78 is 31.2. The Hall–Kier alpha value is -1.94. The fourth-order valence-electron chi connectivity index (χ4n) is 1.63. The minimum Gasteiger partial charge on any atom is -0.457 e. The average molecular weight is 263 g/mol. The average Bonchev–Trinajstić information content (AvgIpc) is 2.40. The molecule has 4 heteroatoms. The monoisotopic (exact) mass is 263 g/mol. The third-order valence-electron chi connectivity index (χ3n) is 2.91. The van der Waals surface area contributed by atoms with E-state index >= 15 is 0 Å². The summed E-state index contributed by atoms with van der Waals surface area (Å²) in [5.74, 6) is 1.28. The van der Waals surface area contributed by atoms with E-state index in [2.05, 4.69) is 0 Å². The van der Waals surface area contributed by atoms with E-state index in [1.807, 2.05) is 30.3 Å². The van der Waals surface area contributed by atoms with Gasteiger partial charge in [0.05, 0.1) is 5.54 Å². The molecule has 2 nitrogen and oxygen atoms in total. The van der Waals surface area contributed by atoms with Crippen LogP contribution in [0.3, 0.4) is 0 Å². The number of alkyl halides is 2. The molecule has 0 aliphatic heterocycles. The van der Waals surface area contributed by atoms with Crippen molar-refractivity contribution in [3.8, 4) is 11.5 Å². The number of rotatable bonds is 4. The third-order valence-corrected chi connectivity index (χ3v) is 2.91. The van der Waals surface area contributed by atoms with Crippen LogP contribution in [0.25, 0.3) is 0 Å². The number of para-hydroxylation sites is 1. The molecule has 0 amide bonds. The molecule has 0 spiro atoms. The molecule has 0 aliphatic carbocycles. The second-order valence-electron chi connectivity index (χ2n) is 4.52. The molecule has 0 heterocycles. The zero-order valence-corrected chi connectivity index (χ0v) is 10.5. The predicted molar refractivity (Wildman–Crippen MR) is 70.5 cm³/mol. The van der Waals surface area contributed by atoms with Crippen LogP contribution in [0.15, 0.2) is 54.6 Å². The van der Waals surface area contributed by atoms with Crippen molar-refractivity contribution >= 4 is 0 Å². The van der Waals surface area contributed by atoms with Crippen LogP contribution in [0.4, 0.5) is 8.78 Å². The highest BCUT2D eigenvalue weighted by molar-refractivity contribution is 5.35. The predicted octanol–water partition coefficient (Wildman–Crippen LogP) is 3.92. The summed E-state index contributed by atoms with van der Waals surface area (Å²) in [6, 6.07) is 15.6. The van der Waals surface area contributed by atoms with Crippen molar-refractivity contribution in [1.29, 1.82) is 0 Å². The van der Waals surface area contributed by atoms with Crippen molar-refractivity contribution in [1.82, 2.24) is 0 Å². The lowest BCUT2D eigenvalue weighted by molar-refractivity contribution is 0.0625. The molecule has 0 saturated heterocycles. The Morgan fingerprint density at radius 2 is 1.47 bits per heavy atom. The first kappa shape index (κ1) is 13.5. The molecule has 0 fully saturated rings. The summed E-state index contributed by atoms with van der Waals surface area (Å²) in [5, 5.41) is 0. The molecule has 0 aliphatic rings. The molecule has 2 aromatic rings. The highest BCUT2D eigenvalue weighted by Crippen LogP contribution is 2.28. The van der Waals surface area contributed by atoms with Crippen molar-refractivity contribution in [3.05, 3.63) is 60.2 Å². The number of nitrogens with two attached hydrogens (primary N) is 1. The van der Waals surface area contributed by atoms with Gasteiger partial charge in [0.15, 0.2) is 0 Å². The van der Waals surface area contributed by atoms with Crippen LogP contribution in [0.1, 0.15) is 12.5 Å². The highest BCUT2D eigenvalue weighted by Gasteiger charge is 2.32. The normalized spacial score (nSPS) is 14.2. The summed E-state index contributed by atoms with van der Waals surface area (Å²) in [6.45, 7) is 1.31. The van der Waals surface area contributed by atoms with Gasteiger partial charge in [-0.15, -0.1) is 0 Å². The number of hydrogen-bond donors (Lipinski definition) is 1. The van der Waals surface area contributed by atoms with Gasteiger partial charge in [0.1, 0.15) is 11.5 Å². The van der Waals surface area contributed by atoms with Gasteiger partial charge in [0.2, 0.25) is 0 Å². The Morgan fingerprint density at radius 3 is 2.00 bits per heavy atom. The lowest BCUT2D eigenvalue weighted by atomic mass is 9.94. The third kappa shape index (κ3) is 3.09. The molecule has 0 bridgehead atoms. The molecule has 0 radical (unpaired) electrons. The molecule has 19 heavy (non-hydrogen) atoms. The lowest BCUT2D eigenvalue weighted by Crippen LogP contribution is -2.40. The molecule has 2 N–H and O–H groups in total. The van der Waals surface area contributed by atoms with E-state index in [4.69, 9.17) is 10.5 Å². The lowest BCUT2D eigenvalue weighted by Gasteiger charge is -2.24. The van der Waals surface area contributed by atoms with Gasteiger partial charge in [0.25, 0.3) is 6.43 Å². The maximum atomic E-state index is 12.8. The Balaban J connectivity index is 2.15. The van der Waals surface area contributed by atoms with Gasteiger partial charge in [-0.1, -0.05) is 30.3 Å². The molecule has 2 rings (SSSR count). The molecular weight excluding hydrogens is 248 g/mol. The molecule has 0 saturated carbocycles. The number of hydrogen-bond acceptors (Lipinski definition) is 2. The Kier molecular flexibility index (Phi) is 3.81. The van der Waals surface area contributed by atoms with E-state index in [1.165, 1.54) is 6.92 Å². The fourth-order valence-corrected chi connectivity index (χ4v) is 1.63. The second-order valence-corrected chi connectivity index (χ2v) is 4.52. The minimum atomic E-state index is -2.62. The molecule has 2 aromatic carbocycles. The first-order valence-corrected chi connectivity index (χ1v) is 5.90. The van der Waals surface area contributed by atoms with E-state index in [-0.39, 0.29) is 0 Å². The zero-order chi connectivity index (χ0) is 13.9. The van der Waals surface area contributed by atoms with Crippen LogP contribution < -0.4 is 10.5 Å². The number of benzene rings is 2. The summed E-state index contributed by atoms with van der Waals surface area (Å²) in [7, 11) is 0. The van der Waals surface area contributed by atoms with Crippen molar-refractivity contribution in [2.24, 2.45) is 5.73 Å². The Morgan fingerprint density at radius 1 is 0.947 bits per heavy atom. The van der Waals surface area contributed by atoms with Crippen LogP contribution in [0.5, 0.6) is 11.5 Å². The highest BCUT2D eigenvalue weighted by atomic mass is 19.3. The van der Waals surface area contributed by atoms with Gasteiger partial charge < -0.3 is 10.5 Å². The smallest absolute Gasteiger partial charge is 0.260 e.